The molecular weight excluding hydrogens is 246 g/mol. The second kappa shape index (κ2) is 6.54. The van der Waals surface area contributed by atoms with Crippen LogP contribution in [0.25, 0.3) is 0 Å². The first-order valence-electron chi connectivity index (χ1n) is 6.63. The number of nitrogens with one attached hydrogen (secondary N) is 3. The van der Waals surface area contributed by atoms with Gasteiger partial charge in [0, 0.05) is 31.5 Å². The second-order valence-electron chi connectivity index (χ2n) is 5.88. The van der Waals surface area contributed by atoms with Gasteiger partial charge in [-0.1, -0.05) is 0 Å². The highest BCUT2D eigenvalue weighted by Gasteiger charge is 2.24. The van der Waals surface area contributed by atoms with Gasteiger partial charge in [-0.25, -0.2) is 0 Å². The number of carbonyl (C=O) groups excluding carboxylic acids is 3. The first-order chi connectivity index (χ1) is 8.78. The van der Waals surface area contributed by atoms with Gasteiger partial charge in [0.2, 0.25) is 17.7 Å². The molecule has 0 aliphatic carbocycles. The molecule has 1 atom stereocenters. The van der Waals surface area contributed by atoms with Gasteiger partial charge in [0.25, 0.3) is 0 Å². The Balaban J connectivity index is 2.20. The Kier molecular flexibility index (Phi) is 5.32. The standard InChI is InChI=1S/C13H23N3O3/c1-13(2,3)16-11(18)6-7-14-12(19)9-4-5-10(17)15-8-9/h9H,4-8H2,1-3H3,(H,14,19)(H,15,17)(H,16,18). The lowest BCUT2D eigenvalue weighted by atomic mass is 9.98. The van der Waals surface area contributed by atoms with Gasteiger partial charge in [-0.05, 0) is 27.2 Å². The molecule has 1 fully saturated rings. The molecule has 19 heavy (non-hydrogen) atoms. The third-order valence-corrected chi connectivity index (χ3v) is 2.80. The van der Waals surface area contributed by atoms with Gasteiger partial charge in [0.15, 0.2) is 0 Å². The number of hydrogen-bond acceptors (Lipinski definition) is 3. The summed E-state index contributed by atoms with van der Waals surface area (Å²) in [5.74, 6) is -0.356. The Bertz CT molecular complexity index is 351. The minimum Gasteiger partial charge on any atom is -0.355 e. The van der Waals surface area contributed by atoms with E-state index in [0.29, 0.717) is 25.9 Å². The van der Waals surface area contributed by atoms with Crippen LogP contribution in [0.4, 0.5) is 0 Å². The van der Waals surface area contributed by atoms with Crippen molar-refractivity contribution in [3.63, 3.8) is 0 Å². The van der Waals surface area contributed by atoms with Gasteiger partial charge < -0.3 is 16.0 Å². The molecule has 1 unspecified atom stereocenters. The summed E-state index contributed by atoms with van der Waals surface area (Å²) in [5, 5.41) is 8.23. The highest BCUT2D eigenvalue weighted by atomic mass is 16.2. The summed E-state index contributed by atoms with van der Waals surface area (Å²) in [5.41, 5.74) is -0.255. The topological polar surface area (TPSA) is 87.3 Å². The summed E-state index contributed by atoms with van der Waals surface area (Å²) in [6.45, 7) is 6.45. The number of hydrogen-bond donors (Lipinski definition) is 3. The zero-order chi connectivity index (χ0) is 14.5. The molecule has 0 spiro atoms. The van der Waals surface area contributed by atoms with Crippen molar-refractivity contribution in [1.82, 2.24) is 16.0 Å². The molecule has 3 amide bonds. The summed E-state index contributed by atoms with van der Waals surface area (Å²) < 4.78 is 0. The minimum atomic E-state index is -0.255. The molecule has 1 rings (SSSR count). The molecule has 1 heterocycles. The molecule has 1 aliphatic heterocycles. The predicted octanol–water partition coefficient (Wildman–Crippen LogP) is -0.0664. The van der Waals surface area contributed by atoms with Crippen molar-refractivity contribution >= 4 is 17.7 Å². The van der Waals surface area contributed by atoms with Crippen LogP contribution in [0.3, 0.4) is 0 Å². The zero-order valence-corrected chi connectivity index (χ0v) is 11.8. The Morgan fingerprint density at radius 1 is 1.37 bits per heavy atom. The number of carbonyl (C=O) groups is 3. The zero-order valence-electron chi connectivity index (χ0n) is 11.8. The van der Waals surface area contributed by atoms with Crippen molar-refractivity contribution in [2.75, 3.05) is 13.1 Å². The van der Waals surface area contributed by atoms with Gasteiger partial charge >= 0.3 is 0 Å². The van der Waals surface area contributed by atoms with Gasteiger partial charge in [-0.15, -0.1) is 0 Å². The molecule has 0 radical (unpaired) electrons. The number of amides is 3. The Hall–Kier alpha value is -1.59. The van der Waals surface area contributed by atoms with Crippen LogP contribution in [-0.4, -0.2) is 36.3 Å². The maximum Gasteiger partial charge on any atom is 0.224 e. The van der Waals surface area contributed by atoms with Crippen LogP contribution < -0.4 is 16.0 Å². The monoisotopic (exact) mass is 269 g/mol. The average molecular weight is 269 g/mol. The third kappa shape index (κ3) is 6.22. The fourth-order valence-corrected chi connectivity index (χ4v) is 1.88. The highest BCUT2D eigenvalue weighted by molar-refractivity contribution is 5.84. The molecule has 3 N–H and O–H groups in total. The van der Waals surface area contributed by atoms with Crippen LogP contribution in [0.2, 0.25) is 0 Å². The van der Waals surface area contributed by atoms with Crippen LogP contribution in [0.15, 0.2) is 0 Å². The van der Waals surface area contributed by atoms with E-state index in [1.165, 1.54) is 0 Å². The van der Waals surface area contributed by atoms with Crippen molar-refractivity contribution in [2.24, 2.45) is 5.92 Å². The van der Waals surface area contributed by atoms with Crippen molar-refractivity contribution < 1.29 is 14.4 Å². The molecule has 0 aromatic heterocycles. The predicted molar refractivity (Wildman–Crippen MR) is 71.3 cm³/mol. The average Bonchev–Trinajstić information content (AvgIpc) is 2.27. The van der Waals surface area contributed by atoms with Crippen LogP contribution >= 0.6 is 0 Å². The maximum absolute atomic E-state index is 11.8. The van der Waals surface area contributed by atoms with Crippen LogP contribution in [-0.2, 0) is 14.4 Å². The molecule has 0 saturated carbocycles. The van der Waals surface area contributed by atoms with Crippen molar-refractivity contribution in [3.05, 3.63) is 0 Å². The van der Waals surface area contributed by atoms with Gasteiger partial charge in [-0.2, -0.15) is 0 Å². The van der Waals surface area contributed by atoms with E-state index < -0.39 is 0 Å². The molecule has 6 heteroatoms. The molecule has 108 valence electrons. The van der Waals surface area contributed by atoms with E-state index in [1.54, 1.807) is 0 Å². The van der Waals surface area contributed by atoms with E-state index in [2.05, 4.69) is 16.0 Å². The van der Waals surface area contributed by atoms with Gasteiger partial charge in [0.1, 0.15) is 0 Å². The normalized spacial score (nSPS) is 19.5. The molecular formula is C13H23N3O3. The van der Waals surface area contributed by atoms with E-state index in [1.807, 2.05) is 20.8 Å². The highest BCUT2D eigenvalue weighted by Crippen LogP contribution is 2.10. The smallest absolute Gasteiger partial charge is 0.224 e. The van der Waals surface area contributed by atoms with Gasteiger partial charge in [0.05, 0.1) is 5.92 Å². The SMILES string of the molecule is CC(C)(C)NC(=O)CCNC(=O)C1CCC(=O)NC1. The maximum atomic E-state index is 11.8. The van der Waals surface area contributed by atoms with Crippen molar-refractivity contribution in [2.45, 2.75) is 45.6 Å². The number of piperidine rings is 1. The molecule has 1 aliphatic rings. The summed E-state index contributed by atoms with van der Waals surface area (Å²) in [7, 11) is 0. The lowest BCUT2D eigenvalue weighted by Crippen LogP contribution is -2.45. The van der Waals surface area contributed by atoms with Crippen molar-refractivity contribution in [1.29, 1.82) is 0 Å². The summed E-state index contributed by atoms with van der Waals surface area (Å²) in [6, 6.07) is 0. The van der Waals surface area contributed by atoms with E-state index in [4.69, 9.17) is 0 Å². The Labute approximate surface area is 113 Å². The van der Waals surface area contributed by atoms with E-state index in [0.717, 1.165) is 0 Å². The van der Waals surface area contributed by atoms with E-state index in [9.17, 15) is 14.4 Å². The first-order valence-corrected chi connectivity index (χ1v) is 6.63. The fraction of sp³-hybridized carbons (Fsp3) is 0.769. The molecule has 0 bridgehead atoms. The quantitative estimate of drug-likeness (QED) is 0.668. The number of rotatable bonds is 4. The lowest BCUT2D eigenvalue weighted by Gasteiger charge is -2.22. The summed E-state index contributed by atoms with van der Waals surface area (Å²) >= 11 is 0. The molecule has 0 aromatic carbocycles. The summed E-state index contributed by atoms with van der Waals surface area (Å²) in [4.78, 5) is 34.3. The second-order valence-corrected chi connectivity index (χ2v) is 5.88. The van der Waals surface area contributed by atoms with E-state index in [-0.39, 0.29) is 35.6 Å². The van der Waals surface area contributed by atoms with Gasteiger partial charge in [-0.3, -0.25) is 14.4 Å². The molecule has 0 aromatic rings. The molecule has 6 nitrogen and oxygen atoms in total. The summed E-state index contributed by atoms with van der Waals surface area (Å²) in [6.07, 6.45) is 1.23. The van der Waals surface area contributed by atoms with Crippen molar-refractivity contribution in [3.8, 4) is 0 Å². The van der Waals surface area contributed by atoms with E-state index >= 15 is 0 Å². The lowest BCUT2D eigenvalue weighted by molar-refractivity contribution is -0.128. The van der Waals surface area contributed by atoms with Crippen LogP contribution in [0, 0.1) is 5.92 Å². The van der Waals surface area contributed by atoms with Crippen LogP contribution in [0.5, 0.6) is 0 Å². The Morgan fingerprint density at radius 3 is 2.58 bits per heavy atom. The largest absolute Gasteiger partial charge is 0.355 e. The Morgan fingerprint density at radius 2 is 2.05 bits per heavy atom. The molecule has 1 saturated heterocycles. The van der Waals surface area contributed by atoms with Crippen LogP contribution in [0.1, 0.15) is 40.0 Å². The fourth-order valence-electron chi connectivity index (χ4n) is 1.88. The first kappa shape index (κ1) is 15.5. The third-order valence-electron chi connectivity index (χ3n) is 2.80. The minimum absolute atomic E-state index is 0.00592.